The van der Waals surface area contributed by atoms with Crippen LogP contribution in [-0.4, -0.2) is 15.0 Å². The predicted molar refractivity (Wildman–Crippen MR) is 220 cm³/mol. The van der Waals surface area contributed by atoms with E-state index in [4.69, 9.17) is 15.0 Å². The van der Waals surface area contributed by atoms with Crippen molar-refractivity contribution >= 4 is 10.8 Å². The molecule has 1 aromatic heterocycles. The quantitative estimate of drug-likeness (QED) is 0.167. The minimum absolute atomic E-state index is 0.534. The first-order chi connectivity index (χ1) is 26.7. The second kappa shape index (κ2) is 14.3. The van der Waals surface area contributed by atoms with Gasteiger partial charge in [-0.05, 0) is 80.0 Å². The van der Waals surface area contributed by atoms with Crippen molar-refractivity contribution in [1.82, 2.24) is 15.0 Å². The van der Waals surface area contributed by atoms with Crippen LogP contribution in [0.1, 0.15) is 5.56 Å². The zero-order valence-electron chi connectivity index (χ0n) is 29.3. The highest BCUT2D eigenvalue weighted by molar-refractivity contribution is 6.03. The second-order valence-electron chi connectivity index (χ2n) is 13.1. The molecule has 4 heteroatoms. The Labute approximate surface area is 314 Å². The van der Waals surface area contributed by atoms with Crippen molar-refractivity contribution in [3.63, 3.8) is 0 Å². The predicted octanol–water partition coefficient (Wildman–Crippen LogP) is 12.6. The van der Waals surface area contributed by atoms with Gasteiger partial charge in [0.2, 0.25) is 0 Å². The monoisotopic (exact) mass is 688 g/mol. The van der Waals surface area contributed by atoms with Crippen molar-refractivity contribution in [2.24, 2.45) is 0 Å². The van der Waals surface area contributed by atoms with Gasteiger partial charge in [-0.25, -0.2) is 15.0 Å². The molecule has 0 aliphatic carbocycles. The van der Waals surface area contributed by atoms with Gasteiger partial charge in [-0.3, -0.25) is 0 Å². The van der Waals surface area contributed by atoms with E-state index in [0.717, 1.165) is 55.6 Å². The lowest BCUT2D eigenvalue weighted by Gasteiger charge is -2.18. The summed E-state index contributed by atoms with van der Waals surface area (Å²) in [5.41, 5.74) is 11.6. The fourth-order valence-electron chi connectivity index (χ4n) is 7.17. The highest BCUT2D eigenvalue weighted by atomic mass is 15.0. The molecule has 0 aliphatic heterocycles. The Kier molecular flexibility index (Phi) is 8.57. The van der Waals surface area contributed by atoms with Crippen LogP contribution in [0.3, 0.4) is 0 Å². The van der Waals surface area contributed by atoms with E-state index in [0.29, 0.717) is 23.0 Å². The zero-order chi connectivity index (χ0) is 36.3. The standard InChI is InChI=1S/C50H32N4/c51-33-39-23-11-13-26-43(39)47-31-38(28-29-45(47)50-53-48(35-18-6-2-7-19-35)52-49(54-50)36-20-8-3-9-21-36)41-24-14-15-27-44(41)46-32-40(34-16-4-1-5-17-34)30-37-22-10-12-25-42(37)46/h1-32H. The van der Waals surface area contributed by atoms with Crippen LogP contribution in [0.15, 0.2) is 194 Å². The third-order valence-electron chi connectivity index (χ3n) is 9.79. The lowest BCUT2D eigenvalue weighted by molar-refractivity contribution is 1.07. The molecule has 0 bridgehead atoms. The number of hydrogen-bond donors (Lipinski definition) is 0. The van der Waals surface area contributed by atoms with Gasteiger partial charge in [0, 0.05) is 22.3 Å². The minimum Gasteiger partial charge on any atom is -0.208 e. The fraction of sp³-hybridized carbons (Fsp3) is 0. The molecule has 0 spiro atoms. The summed E-state index contributed by atoms with van der Waals surface area (Å²) in [5, 5.41) is 12.7. The number of rotatable bonds is 7. The summed E-state index contributed by atoms with van der Waals surface area (Å²) in [6.07, 6.45) is 0. The largest absolute Gasteiger partial charge is 0.208 e. The molecule has 0 unspecified atom stereocenters. The molecule has 0 saturated heterocycles. The summed E-state index contributed by atoms with van der Waals surface area (Å²) in [4.78, 5) is 15.1. The fourth-order valence-corrected chi connectivity index (χ4v) is 7.17. The first-order valence-electron chi connectivity index (χ1n) is 17.9. The van der Waals surface area contributed by atoms with Gasteiger partial charge in [0.25, 0.3) is 0 Å². The highest BCUT2D eigenvalue weighted by Gasteiger charge is 2.20. The normalized spacial score (nSPS) is 10.9. The molecule has 9 aromatic rings. The zero-order valence-corrected chi connectivity index (χ0v) is 29.3. The SMILES string of the molecule is N#Cc1ccccc1-c1cc(-c2ccccc2-c2cc(-c3ccccc3)cc3ccccc23)ccc1-c1nc(-c2ccccc2)nc(-c2ccccc2)n1. The Hall–Kier alpha value is -7.48. The molecule has 0 radical (unpaired) electrons. The molecule has 0 N–H and O–H groups in total. The second-order valence-corrected chi connectivity index (χ2v) is 13.1. The lowest BCUT2D eigenvalue weighted by Crippen LogP contribution is -2.01. The van der Waals surface area contributed by atoms with E-state index in [1.807, 2.05) is 84.9 Å². The van der Waals surface area contributed by atoms with Crippen LogP contribution in [0.2, 0.25) is 0 Å². The van der Waals surface area contributed by atoms with E-state index >= 15 is 0 Å². The average Bonchev–Trinajstić information content (AvgIpc) is 3.26. The van der Waals surface area contributed by atoms with Crippen LogP contribution in [0.25, 0.3) is 89.4 Å². The van der Waals surface area contributed by atoms with E-state index < -0.39 is 0 Å². The molecular formula is C50H32N4. The van der Waals surface area contributed by atoms with Gasteiger partial charge in [-0.1, -0.05) is 164 Å². The van der Waals surface area contributed by atoms with E-state index in [2.05, 4.69) is 115 Å². The van der Waals surface area contributed by atoms with Crippen LogP contribution in [0, 0.1) is 11.3 Å². The maximum Gasteiger partial charge on any atom is 0.164 e. The first-order valence-corrected chi connectivity index (χ1v) is 17.9. The number of hydrogen-bond acceptors (Lipinski definition) is 4. The summed E-state index contributed by atoms with van der Waals surface area (Å²) >= 11 is 0. The third kappa shape index (κ3) is 6.21. The van der Waals surface area contributed by atoms with Crippen LogP contribution >= 0.6 is 0 Å². The van der Waals surface area contributed by atoms with Gasteiger partial charge in [-0.2, -0.15) is 5.26 Å². The smallest absolute Gasteiger partial charge is 0.164 e. The topological polar surface area (TPSA) is 62.5 Å². The molecule has 54 heavy (non-hydrogen) atoms. The average molecular weight is 689 g/mol. The summed E-state index contributed by atoms with van der Waals surface area (Å²) in [6, 6.07) is 68.8. The van der Waals surface area contributed by atoms with Crippen molar-refractivity contribution in [1.29, 1.82) is 5.26 Å². The van der Waals surface area contributed by atoms with Crippen LogP contribution < -0.4 is 0 Å². The molecule has 0 aliphatic rings. The molecule has 4 nitrogen and oxygen atoms in total. The van der Waals surface area contributed by atoms with E-state index in [-0.39, 0.29) is 0 Å². The molecule has 1 heterocycles. The Morgan fingerprint density at radius 2 is 0.833 bits per heavy atom. The van der Waals surface area contributed by atoms with E-state index in [1.54, 1.807) is 0 Å². The number of nitriles is 1. The van der Waals surface area contributed by atoms with Crippen molar-refractivity contribution in [3.05, 3.63) is 200 Å². The van der Waals surface area contributed by atoms with Crippen molar-refractivity contribution < 1.29 is 0 Å². The van der Waals surface area contributed by atoms with Crippen molar-refractivity contribution in [2.75, 3.05) is 0 Å². The van der Waals surface area contributed by atoms with Crippen LogP contribution in [0.4, 0.5) is 0 Å². The Bertz CT molecular complexity index is 2770. The molecule has 0 fully saturated rings. The lowest BCUT2D eigenvalue weighted by atomic mass is 9.87. The van der Waals surface area contributed by atoms with E-state index in [1.165, 1.54) is 16.3 Å². The maximum atomic E-state index is 10.3. The Balaban J connectivity index is 1.27. The number of fused-ring (bicyclic) bond motifs is 1. The number of nitrogens with zero attached hydrogens (tertiary/aromatic N) is 4. The van der Waals surface area contributed by atoms with Crippen LogP contribution in [0.5, 0.6) is 0 Å². The van der Waals surface area contributed by atoms with Gasteiger partial charge in [0.15, 0.2) is 17.5 Å². The minimum atomic E-state index is 0.534. The summed E-state index contributed by atoms with van der Waals surface area (Å²) in [6.45, 7) is 0. The van der Waals surface area contributed by atoms with Gasteiger partial charge >= 0.3 is 0 Å². The highest BCUT2D eigenvalue weighted by Crippen LogP contribution is 2.42. The third-order valence-corrected chi connectivity index (χ3v) is 9.79. The molecule has 9 rings (SSSR count). The molecule has 8 aromatic carbocycles. The van der Waals surface area contributed by atoms with Crippen molar-refractivity contribution in [3.8, 4) is 84.7 Å². The number of benzene rings is 8. The molecule has 0 amide bonds. The molecular weight excluding hydrogens is 657 g/mol. The van der Waals surface area contributed by atoms with Gasteiger partial charge in [-0.15, -0.1) is 0 Å². The van der Waals surface area contributed by atoms with E-state index in [9.17, 15) is 5.26 Å². The molecule has 0 atom stereocenters. The molecule has 0 saturated carbocycles. The summed E-state index contributed by atoms with van der Waals surface area (Å²) < 4.78 is 0. The maximum absolute atomic E-state index is 10.3. The Morgan fingerprint density at radius 3 is 1.50 bits per heavy atom. The van der Waals surface area contributed by atoms with Gasteiger partial charge < -0.3 is 0 Å². The first kappa shape index (κ1) is 32.4. The van der Waals surface area contributed by atoms with Gasteiger partial charge in [0.1, 0.15) is 0 Å². The Morgan fingerprint density at radius 1 is 0.315 bits per heavy atom. The molecule has 252 valence electrons. The summed E-state index contributed by atoms with van der Waals surface area (Å²) in [7, 11) is 0. The van der Waals surface area contributed by atoms with Crippen LogP contribution in [-0.2, 0) is 0 Å². The van der Waals surface area contributed by atoms with Crippen molar-refractivity contribution in [2.45, 2.75) is 0 Å². The number of aromatic nitrogens is 3. The summed E-state index contributed by atoms with van der Waals surface area (Å²) in [5.74, 6) is 1.70. The van der Waals surface area contributed by atoms with Gasteiger partial charge in [0.05, 0.1) is 11.6 Å².